The number of carboxylic acids is 1. The van der Waals surface area contributed by atoms with Crippen LogP contribution < -0.4 is 0 Å². The molecule has 8 atom stereocenters. The maximum atomic E-state index is 17.3. The number of halogens is 1. The summed E-state index contributed by atoms with van der Waals surface area (Å²) in [6.07, 6.45) is 5.51. The van der Waals surface area contributed by atoms with E-state index in [9.17, 15) is 34.5 Å². The summed E-state index contributed by atoms with van der Waals surface area (Å²) in [6.45, 7) is 4.58. The van der Waals surface area contributed by atoms with Gasteiger partial charge in [-0.25, -0.2) is 4.39 Å². The second-order valence-corrected chi connectivity index (χ2v) is 13.1. The summed E-state index contributed by atoms with van der Waals surface area (Å²) in [5.74, 6) is -4.86. The molecule has 39 heavy (non-hydrogen) atoms. The van der Waals surface area contributed by atoms with Gasteiger partial charge in [0.1, 0.15) is 5.60 Å². The number of allylic oxidation sites excluding steroid dienone is 4. The first-order valence-electron chi connectivity index (χ1n) is 14.2. The molecule has 4 fully saturated rings. The lowest BCUT2D eigenvalue weighted by atomic mass is 9.44. The fraction of sp³-hybridized carbons (Fsp3) is 0.733. The van der Waals surface area contributed by atoms with Gasteiger partial charge < -0.3 is 20.1 Å². The molecule has 214 valence electrons. The largest absolute Gasteiger partial charge is 0.481 e. The van der Waals surface area contributed by atoms with E-state index in [2.05, 4.69) is 0 Å². The van der Waals surface area contributed by atoms with Crippen molar-refractivity contribution in [1.29, 1.82) is 0 Å². The molecule has 0 aliphatic heterocycles. The Morgan fingerprint density at radius 3 is 2.36 bits per heavy atom. The van der Waals surface area contributed by atoms with Gasteiger partial charge in [-0.2, -0.15) is 0 Å². The third kappa shape index (κ3) is 3.82. The Bertz CT molecular complexity index is 1150. The standard InChI is InChI=1S/C30H39FO8/c1-16-12-22-21-9-8-19-13-20(32)10-11-27(19,2)29(21,31)23(33)14-28(22,3)30(16,38)24(34)15-39-26(37)18-6-4-17(5-7-18)25(35)36/h10-11,13,16-18,21-23,33,38H,4-9,12,14-15H2,1-3H3,(H,35,36)/t16-,17-,18-,21+,22+,23+,27+,28+,29+,30+/m1/s1. The Morgan fingerprint density at radius 1 is 1.08 bits per heavy atom. The molecule has 8 nitrogen and oxygen atoms in total. The molecule has 0 amide bonds. The molecule has 3 N–H and O–H groups in total. The molecule has 5 aliphatic carbocycles. The minimum atomic E-state index is -2.06. The topological polar surface area (TPSA) is 138 Å². The van der Waals surface area contributed by atoms with Crippen LogP contribution in [0.5, 0.6) is 0 Å². The van der Waals surface area contributed by atoms with Gasteiger partial charge in [0.05, 0.1) is 17.9 Å². The molecule has 0 aromatic rings. The molecule has 0 aromatic carbocycles. The molecule has 0 radical (unpaired) electrons. The summed E-state index contributed by atoms with van der Waals surface area (Å²) in [5.41, 5.74) is -5.61. The van der Waals surface area contributed by atoms with Crippen LogP contribution in [0.4, 0.5) is 4.39 Å². The van der Waals surface area contributed by atoms with E-state index in [-0.39, 0.29) is 12.2 Å². The Labute approximate surface area is 227 Å². The highest BCUT2D eigenvalue weighted by Crippen LogP contribution is 2.70. The van der Waals surface area contributed by atoms with Gasteiger partial charge >= 0.3 is 11.9 Å². The maximum absolute atomic E-state index is 17.3. The molecule has 0 saturated heterocycles. The molecule has 5 rings (SSSR count). The lowest BCUT2D eigenvalue weighted by Gasteiger charge is -2.62. The van der Waals surface area contributed by atoms with Crippen LogP contribution in [-0.2, 0) is 23.9 Å². The molecule has 0 aromatic heterocycles. The molecule has 0 unspecified atom stereocenters. The number of carboxylic acid groups (broad SMARTS) is 1. The highest BCUT2D eigenvalue weighted by atomic mass is 19.1. The predicted octanol–water partition coefficient (Wildman–Crippen LogP) is 3.34. The van der Waals surface area contributed by atoms with Crippen molar-refractivity contribution in [3.63, 3.8) is 0 Å². The average Bonchev–Trinajstić information content (AvgIpc) is 3.09. The van der Waals surface area contributed by atoms with E-state index in [0.717, 1.165) is 0 Å². The summed E-state index contributed by atoms with van der Waals surface area (Å²) in [5, 5.41) is 32.6. The first-order valence-corrected chi connectivity index (χ1v) is 14.2. The highest BCUT2D eigenvalue weighted by molar-refractivity contribution is 6.01. The van der Waals surface area contributed by atoms with Crippen molar-refractivity contribution < 1.29 is 43.6 Å². The third-order valence-electron chi connectivity index (χ3n) is 11.4. The van der Waals surface area contributed by atoms with Crippen LogP contribution in [0.3, 0.4) is 0 Å². The van der Waals surface area contributed by atoms with Gasteiger partial charge in [0.2, 0.25) is 5.78 Å². The van der Waals surface area contributed by atoms with Crippen molar-refractivity contribution in [2.24, 2.45) is 40.4 Å². The van der Waals surface area contributed by atoms with Crippen molar-refractivity contribution in [2.45, 2.75) is 89.5 Å². The van der Waals surface area contributed by atoms with Gasteiger partial charge in [0.15, 0.2) is 18.1 Å². The van der Waals surface area contributed by atoms with Gasteiger partial charge in [-0.1, -0.05) is 25.5 Å². The Morgan fingerprint density at radius 2 is 1.72 bits per heavy atom. The Balaban J connectivity index is 1.35. The molecular formula is C30H39FO8. The van der Waals surface area contributed by atoms with Crippen LogP contribution in [0, 0.1) is 40.4 Å². The summed E-state index contributed by atoms with van der Waals surface area (Å²) in [6, 6.07) is 0. The van der Waals surface area contributed by atoms with Gasteiger partial charge in [-0.05, 0) is 82.3 Å². The summed E-state index contributed by atoms with van der Waals surface area (Å²) in [7, 11) is 0. The number of aliphatic hydroxyl groups excluding tert-OH is 1. The number of hydrogen-bond acceptors (Lipinski definition) is 7. The molecule has 9 heteroatoms. The SMILES string of the molecule is C[C@@H]1C[C@H]2[C@@H]3CCC4=CC(=O)C=C[C@]4(C)[C@@]3(F)[C@@H](O)C[C@]2(C)[C@@]1(O)C(=O)COC(=O)[C@H]1CC[C@H](C(=O)O)CC1. The Hall–Kier alpha value is -2.39. The molecular weight excluding hydrogens is 507 g/mol. The van der Waals surface area contributed by atoms with Crippen LogP contribution in [0.15, 0.2) is 23.8 Å². The fourth-order valence-corrected chi connectivity index (χ4v) is 9.08. The highest BCUT2D eigenvalue weighted by Gasteiger charge is 2.75. The van der Waals surface area contributed by atoms with Crippen LogP contribution in [0.2, 0.25) is 0 Å². The van der Waals surface area contributed by atoms with E-state index in [4.69, 9.17) is 4.74 Å². The van der Waals surface area contributed by atoms with Crippen LogP contribution >= 0.6 is 0 Å². The van der Waals surface area contributed by atoms with E-state index in [0.29, 0.717) is 50.5 Å². The summed E-state index contributed by atoms with van der Waals surface area (Å²) < 4.78 is 22.6. The molecule has 5 aliphatic rings. The zero-order valence-electron chi connectivity index (χ0n) is 22.8. The monoisotopic (exact) mass is 546 g/mol. The number of ether oxygens (including phenoxy) is 1. The van der Waals surface area contributed by atoms with Crippen molar-refractivity contribution >= 4 is 23.5 Å². The van der Waals surface area contributed by atoms with Crippen molar-refractivity contribution in [3.05, 3.63) is 23.8 Å². The normalized spacial score (nSPS) is 46.9. The first-order chi connectivity index (χ1) is 18.2. The number of carbonyl (C=O) groups excluding carboxylic acids is 3. The number of aliphatic hydroxyl groups is 2. The van der Waals surface area contributed by atoms with E-state index < -0.39 is 82.1 Å². The maximum Gasteiger partial charge on any atom is 0.309 e. The minimum absolute atomic E-state index is 0.144. The molecule has 0 spiro atoms. The van der Waals surface area contributed by atoms with Crippen molar-refractivity contribution in [3.8, 4) is 0 Å². The van der Waals surface area contributed by atoms with E-state index in [1.165, 1.54) is 12.2 Å². The number of alkyl halides is 1. The van der Waals surface area contributed by atoms with Crippen LogP contribution in [0.25, 0.3) is 0 Å². The molecule has 4 saturated carbocycles. The summed E-state index contributed by atoms with van der Waals surface area (Å²) in [4.78, 5) is 49.5. The Kier molecular flexibility index (Phi) is 6.74. The number of fused-ring (bicyclic) bond motifs is 5. The zero-order valence-corrected chi connectivity index (χ0v) is 22.8. The number of carbonyl (C=O) groups is 4. The second kappa shape index (κ2) is 9.33. The first kappa shape index (κ1) is 28.1. The number of hydrogen-bond donors (Lipinski definition) is 3. The van der Waals surface area contributed by atoms with Crippen molar-refractivity contribution in [1.82, 2.24) is 0 Å². The number of rotatable bonds is 5. The summed E-state index contributed by atoms with van der Waals surface area (Å²) >= 11 is 0. The van der Waals surface area contributed by atoms with E-state index >= 15 is 4.39 Å². The number of Topliss-reactive ketones (excluding diaryl/α,β-unsaturated/α-hetero) is 1. The number of aliphatic carboxylic acids is 1. The predicted molar refractivity (Wildman–Crippen MR) is 137 cm³/mol. The zero-order chi connectivity index (χ0) is 28.5. The minimum Gasteiger partial charge on any atom is -0.481 e. The van der Waals surface area contributed by atoms with Gasteiger partial charge in [0.25, 0.3) is 0 Å². The van der Waals surface area contributed by atoms with Crippen LogP contribution in [0.1, 0.15) is 72.1 Å². The van der Waals surface area contributed by atoms with Gasteiger partial charge in [0, 0.05) is 16.7 Å². The second-order valence-electron chi connectivity index (χ2n) is 13.1. The lowest BCUT2D eigenvalue weighted by Crippen LogP contribution is -2.69. The smallest absolute Gasteiger partial charge is 0.309 e. The van der Waals surface area contributed by atoms with E-state index in [1.807, 2.05) is 0 Å². The average molecular weight is 547 g/mol. The van der Waals surface area contributed by atoms with E-state index in [1.54, 1.807) is 26.8 Å². The quantitative estimate of drug-likeness (QED) is 0.447. The molecule has 0 bridgehead atoms. The van der Waals surface area contributed by atoms with Gasteiger partial charge in [-0.15, -0.1) is 0 Å². The van der Waals surface area contributed by atoms with Crippen molar-refractivity contribution in [2.75, 3.05) is 6.61 Å². The lowest BCUT2D eigenvalue weighted by molar-refractivity contribution is -0.220. The molecule has 0 heterocycles. The van der Waals surface area contributed by atoms with Crippen LogP contribution in [-0.4, -0.2) is 62.8 Å². The third-order valence-corrected chi connectivity index (χ3v) is 11.4. The fourth-order valence-electron chi connectivity index (χ4n) is 9.08. The number of ketones is 2. The number of esters is 1. The van der Waals surface area contributed by atoms with Gasteiger partial charge in [-0.3, -0.25) is 19.2 Å².